The molecule has 0 bridgehead atoms. The molecule has 1 aliphatic rings. The van der Waals surface area contributed by atoms with Crippen LogP contribution in [0.15, 0.2) is 48.5 Å². The molecule has 1 unspecified atom stereocenters. The molecule has 1 saturated heterocycles. The third-order valence-corrected chi connectivity index (χ3v) is 7.35. The molecule has 0 amide bonds. The van der Waals surface area contributed by atoms with Crippen LogP contribution in [0.25, 0.3) is 0 Å². The average Bonchev–Trinajstić information content (AvgIpc) is 2.68. The number of sulfonamides is 1. The Kier molecular flexibility index (Phi) is 8.13. The summed E-state index contributed by atoms with van der Waals surface area (Å²) >= 11 is 0. The van der Waals surface area contributed by atoms with Crippen LogP contribution in [0.3, 0.4) is 0 Å². The minimum atomic E-state index is -4.77. The van der Waals surface area contributed by atoms with Crippen molar-refractivity contribution >= 4 is 28.1 Å². The van der Waals surface area contributed by atoms with E-state index in [1.165, 1.54) is 36.4 Å². The topological polar surface area (TPSA) is 46.2 Å². The van der Waals surface area contributed by atoms with Gasteiger partial charge in [-0.3, -0.25) is 0 Å². The molecule has 2 aromatic rings. The summed E-state index contributed by atoms with van der Waals surface area (Å²) in [5.74, 6) is -0.511. The number of alkyl halides is 3. The Morgan fingerprint density at radius 3 is 2.19 bits per heavy atom. The van der Waals surface area contributed by atoms with E-state index in [2.05, 4.69) is 5.32 Å². The van der Waals surface area contributed by atoms with Crippen LogP contribution < -0.4 is 9.21 Å². The lowest BCUT2D eigenvalue weighted by molar-refractivity contribution is -0.135. The van der Waals surface area contributed by atoms with Gasteiger partial charge in [0.1, 0.15) is 18.0 Å². The predicted molar refractivity (Wildman–Crippen MR) is 116 cm³/mol. The second kappa shape index (κ2) is 9.85. The molecule has 1 fully saturated rings. The van der Waals surface area contributed by atoms with Crippen LogP contribution in [0.2, 0.25) is 0 Å². The highest BCUT2D eigenvalue weighted by atomic mass is 35.5. The van der Waals surface area contributed by atoms with Crippen molar-refractivity contribution in [2.75, 3.05) is 25.9 Å². The zero-order valence-corrected chi connectivity index (χ0v) is 18.7. The van der Waals surface area contributed by atoms with Crippen LogP contribution in [0.4, 0.5) is 23.2 Å². The molecule has 31 heavy (non-hydrogen) atoms. The molecule has 1 aliphatic heterocycles. The van der Waals surface area contributed by atoms with Crippen molar-refractivity contribution in [2.45, 2.75) is 31.5 Å². The molecule has 0 aromatic heterocycles. The van der Waals surface area contributed by atoms with E-state index in [1.807, 2.05) is 0 Å². The van der Waals surface area contributed by atoms with E-state index in [9.17, 15) is 26.0 Å². The number of hydrogen-bond donors (Lipinski definition) is 1. The normalized spacial score (nSPS) is 17.6. The van der Waals surface area contributed by atoms with Gasteiger partial charge in [-0.05, 0) is 43.5 Å². The first kappa shape index (κ1) is 25.6. The molecule has 0 radical (unpaired) electrons. The van der Waals surface area contributed by atoms with Crippen molar-refractivity contribution in [3.05, 3.63) is 65.5 Å². The summed E-state index contributed by atoms with van der Waals surface area (Å²) in [5, 5.41) is 3.23. The van der Waals surface area contributed by atoms with Gasteiger partial charge in [-0.25, -0.2) is 4.39 Å². The number of rotatable bonds is 6. The van der Waals surface area contributed by atoms with E-state index >= 15 is 0 Å². The van der Waals surface area contributed by atoms with E-state index in [4.69, 9.17) is 0 Å². The van der Waals surface area contributed by atoms with Crippen molar-refractivity contribution in [3.8, 4) is 0 Å². The molecule has 0 spiro atoms. The van der Waals surface area contributed by atoms with Gasteiger partial charge >= 0.3 is 6.18 Å². The first-order chi connectivity index (χ1) is 14.0. The Hall–Kier alpha value is -1.68. The number of piperidine rings is 1. The zero-order chi connectivity index (χ0) is 22.0. The molecule has 4 nitrogen and oxygen atoms in total. The molecule has 172 valence electrons. The molecule has 10 heteroatoms. The van der Waals surface area contributed by atoms with E-state index in [1.54, 1.807) is 12.1 Å². The molecule has 3 rings (SSSR count). The van der Waals surface area contributed by atoms with Crippen molar-refractivity contribution in [2.24, 2.45) is 0 Å². The van der Waals surface area contributed by atoms with E-state index in [0.717, 1.165) is 37.8 Å². The van der Waals surface area contributed by atoms with Gasteiger partial charge in [0.05, 0.1) is 6.26 Å². The van der Waals surface area contributed by atoms with Crippen LogP contribution in [-0.4, -0.2) is 40.5 Å². The number of hydrogen-bond acceptors (Lipinski definition) is 3. The number of benzene rings is 2. The molecule has 1 heterocycles. The summed E-state index contributed by atoms with van der Waals surface area (Å²) in [7, 11) is -4.32. The Labute approximate surface area is 186 Å². The molecular formula is C21H26ClF4N2O2S+. The minimum absolute atomic E-state index is 0. The maximum atomic E-state index is 15.0. The SMILES string of the molecule is CS(=O)(=O)[N+](Cc1ccc(C2CCNCC2)cc1F)(CC(F)(F)F)c1ccccc1.Cl. The molecule has 0 saturated carbocycles. The summed E-state index contributed by atoms with van der Waals surface area (Å²) < 4.78 is 79.4. The maximum absolute atomic E-state index is 15.0. The number of quaternary nitrogens is 1. The van der Waals surface area contributed by atoms with Gasteiger partial charge in [0, 0.05) is 17.7 Å². The largest absolute Gasteiger partial charge is 0.439 e. The quantitative estimate of drug-likeness (QED) is 0.478. The first-order valence-corrected chi connectivity index (χ1v) is 11.6. The smallest absolute Gasteiger partial charge is 0.317 e. The molecule has 2 aromatic carbocycles. The van der Waals surface area contributed by atoms with Crippen molar-refractivity contribution in [1.82, 2.24) is 9.21 Å². The third kappa shape index (κ3) is 5.97. The third-order valence-electron chi connectivity index (χ3n) is 5.61. The summed E-state index contributed by atoms with van der Waals surface area (Å²) in [4.78, 5) is 0. The maximum Gasteiger partial charge on any atom is 0.439 e. The molecule has 1 atom stereocenters. The summed E-state index contributed by atoms with van der Waals surface area (Å²) in [6.07, 6.45) is -2.32. The van der Waals surface area contributed by atoms with Gasteiger partial charge in [-0.15, -0.1) is 12.4 Å². The van der Waals surface area contributed by atoms with E-state index in [0.29, 0.717) is 0 Å². The van der Waals surface area contributed by atoms with Crippen LogP contribution in [0.5, 0.6) is 0 Å². The number of nitrogens with one attached hydrogen (secondary N) is 1. The molecule has 1 N–H and O–H groups in total. The lowest BCUT2D eigenvalue weighted by Crippen LogP contribution is -2.57. The molecular weight excluding hydrogens is 456 g/mol. The zero-order valence-electron chi connectivity index (χ0n) is 17.0. The van der Waals surface area contributed by atoms with Gasteiger partial charge in [-0.1, -0.05) is 30.3 Å². The molecule has 0 aliphatic carbocycles. The van der Waals surface area contributed by atoms with Gasteiger partial charge in [0.25, 0.3) is 10.0 Å². The summed E-state index contributed by atoms with van der Waals surface area (Å²) in [6.45, 7) is -0.657. The Bertz CT molecular complexity index is 981. The van der Waals surface area contributed by atoms with Gasteiger partial charge < -0.3 is 5.32 Å². The Morgan fingerprint density at radius 1 is 1.06 bits per heavy atom. The van der Waals surface area contributed by atoms with Gasteiger partial charge in [0.15, 0.2) is 6.54 Å². The Balaban J connectivity index is 0.00000341. The highest BCUT2D eigenvalue weighted by molar-refractivity contribution is 7.90. The van der Waals surface area contributed by atoms with Crippen molar-refractivity contribution < 1.29 is 26.0 Å². The number of nitrogens with zero attached hydrogens (tertiary/aromatic N) is 1. The fraction of sp³-hybridized carbons (Fsp3) is 0.429. The van der Waals surface area contributed by atoms with Crippen LogP contribution in [-0.2, 0) is 16.6 Å². The minimum Gasteiger partial charge on any atom is -0.317 e. The van der Waals surface area contributed by atoms with Crippen LogP contribution in [0.1, 0.15) is 29.9 Å². The highest BCUT2D eigenvalue weighted by Crippen LogP contribution is 2.36. The fourth-order valence-electron chi connectivity index (χ4n) is 4.03. The van der Waals surface area contributed by atoms with Crippen LogP contribution >= 0.6 is 12.4 Å². The van der Waals surface area contributed by atoms with Crippen LogP contribution in [0, 0.1) is 5.82 Å². The van der Waals surface area contributed by atoms with Gasteiger partial charge in [0.2, 0.25) is 0 Å². The first-order valence-electron chi connectivity index (χ1n) is 9.70. The highest BCUT2D eigenvalue weighted by Gasteiger charge is 2.50. The Morgan fingerprint density at radius 2 is 1.68 bits per heavy atom. The van der Waals surface area contributed by atoms with E-state index in [-0.39, 0.29) is 29.6 Å². The summed E-state index contributed by atoms with van der Waals surface area (Å²) in [5.41, 5.74) is 0.663. The second-order valence-electron chi connectivity index (χ2n) is 7.76. The predicted octanol–water partition coefficient (Wildman–Crippen LogP) is 4.74. The van der Waals surface area contributed by atoms with E-state index < -0.39 is 39.0 Å². The standard InChI is InChI=1S/C21H25F4N2O2S.ClH/c1-30(28,29)27(15-21(23,24)25,19-5-3-2-4-6-19)14-18-8-7-17(13-20(18)22)16-9-11-26-12-10-16;/h2-8,13,16,26H,9-12,14-15H2,1H3;1H/q+1;. The number of halogens is 5. The lowest BCUT2D eigenvalue weighted by atomic mass is 9.89. The average molecular weight is 482 g/mol. The van der Waals surface area contributed by atoms with Gasteiger partial charge in [-0.2, -0.15) is 25.5 Å². The number of para-hydroxylation sites is 1. The van der Waals surface area contributed by atoms with Crippen molar-refractivity contribution in [1.29, 1.82) is 0 Å². The summed E-state index contributed by atoms with van der Waals surface area (Å²) in [6, 6.07) is 11.6. The monoisotopic (exact) mass is 481 g/mol. The lowest BCUT2D eigenvalue weighted by Gasteiger charge is -2.36. The second-order valence-corrected chi connectivity index (χ2v) is 9.93. The van der Waals surface area contributed by atoms with Crippen molar-refractivity contribution in [3.63, 3.8) is 0 Å². The fourth-order valence-corrected chi connectivity index (χ4v) is 5.29.